The third kappa shape index (κ3) is 3.53. The molecule has 2 nitrogen and oxygen atoms in total. The van der Waals surface area contributed by atoms with Crippen LogP contribution in [-0.2, 0) is 11.0 Å². The van der Waals surface area contributed by atoms with Crippen LogP contribution in [-0.4, -0.2) is 14.6 Å². The molecule has 0 aliphatic rings. The first-order valence-corrected chi connectivity index (χ1v) is 9.27. The van der Waals surface area contributed by atoms with Crippen molar-refractivity contribution in [1.82, 2.24) is 0 Å². The van der Waals surface area contributed by atoms with Gasteiger partial charge in [-0.3, -0.25) is 4.79 Å². The van der Waals surface area contributed by atoms with Crippen molar-refractivity contribution >= 4 is 14.6 Å². The number of aryl methyl sites for hydroxylation is 1. The third-order valence-electron chi connectivity index (χ3n) is 3.88. The highest BCUT2D eigenvalue weighted by Gasteiger charge is 2.36. The number of aldehydes is 1. The summed E-state index contributed by atoms with van der Waals surface area (Å²) in [5, 5.41) is 0.213. The van der Waals surface area contributed by atoms with Gasteiger partial charge in [-0.25, -0.2) is 0 Å². The Kier molecular flexibility index (Phi) is 4.51. The summed E-state index contributed by atoms with van der Waals surface area (Å²) in [7, 11) is -1.72. The third-order valence-corrected chi connectivity index (χ3v) is 8.35. The number of carbonyl (C=O) groups is 1. The fraction of sp³-hybridized carbons (Fsp3) is 0.533. The van der Waals surface area contributed by atoms with Gasteiger partial charge in [-0.2, -0.15) is 0 Å². The van der Waals surface area contributed by atoms with Crippen molar-refractivity contribution in [2.24, 2.45) is 0 Å². The minimum Gasteiger partial charge on any atom is -0.413 e. The van der Waals surface area contributed by atoms with Crippen molar-refractivity contribution in [3.05, 3.63) is 34.9 Å². The predicted molar refractivity (Wildman–Crippen MR) is 78.6 cm³/mol. The van der Waals surface area contributed by atoms with Crippen molar-refractivity contribution in [3.63, 3.8) is 0 Å². The van der Waals surface area contributed by atoms with Crippen molar-refractivity contribution in [2.75, 3.05) is 0 Å². The molecule has 0 amide bonds. The monoisotopic (exact) mass is 264 g/mol. The Morgan fingerprint density at radius 3 is 2.39 bits per heavy atom. The lowest BCUT2D eigenvalue weighted by atomic mass is 10.1. The second-order valence-corrected chi connectivity index (χ2v) is 11.2. The molecule has 1 aromatic carbocycles. The second-order valence-electron chi connectivity index (χ2n) is 6.36. The van der Waals surface area contributed by atoms with E-state index in [1.165, 1.54) is 0 Å². The molecule has 100 valence electrons. The van der Waals surface area contributed by atoms with Crippen LogP contribution in [0.1, 0.15) is 42.3 Å². The molecule has 0 unspecified atom stereocenters. The Bertz CT molecular complexity index is 431. The first kappa shape index (κ1) is 15.1. The molecule has 0 aliphatic heterocycles. The van der Waals surface area contributed by atoms with Gasteiger partial charge in [0, 0.05) is 5.56 Å². The molecule has 0 spiro atoms. The highest BCUT2D eigenvalue weighted by molar-refractivity contribution is 6.74. The van der Waals surface area contributed by atoms with Gasteiger partial charge in [0.25, 0.3) is 0 Å². The molecule has 3 heteroatoms. The summed E-state index contributed by atoms with van der Waals surface area (Å²) in [5.74, 6) is 0. The Balaban J connectivity index is 2.78. The number of hydrogen-bond acceptors (Lipinski definition) is 2. The Morgan fingerprint density at radius 2 is 1.89 bits per heavy atom. The molecule has 0 saturated carbocycles. The van der Waals surface area contributed by atoms with Crippen LogP contribution in [0.15, 0.2) is 18.2 Å². The van der Waals surface area contributed by atoms with Crippen LogP contribution >= 0.6 is 0 Å². The molecule has 18 heavy (non-hydrogen) atoms. The Morgan fingerprint density at radius 1 is 1.28 bits per heavy atom. The van der Waals surface area contributed by atoms with Gasteiger partial charge >= 0.3 is 0 Å². The number of carbonyl (C=O) groups excluding carboxylic acids is 1. The summed E-state index contributed by atoms with van der Waals surface area (Å²) < 4.78 is 6.14. The topological polar surface area (TPSA) is 26.3 Å². The summed E-state index contributed by atoms with van der Waals surface area (Å²) in [5.41, 5.74) is 2.85. The van der Waals surface area contributed by atoms with Crippen molar-refractivity contribution in [2.45, 2.75) is 52.4 Å². The number of benzene rings is 1. The van der Waals surface area contributed by atoms with Crippen LogP contribution < -0.4 is 0 Å². The lowest BCUT2D eigenvalue weighted by Crippen LogP contribution is -2.40. The quantitative estimate of drug-likeness (QED) is 0.597. The maximum absolute atomic E-state index is 10.9. The van der Waals surface area contributed by atoms with Gasteiger partial charge in [0.15, 0.2) is 8.32 Å². The molecular weight excluding hydrogens is 240 g/mol. The highest BCUT2D eigenvalue weighted by atomic mass is 28.4. The highest BCUT2D eigenvalue weighted by Crippen LogP contribution is 2.37. The fourth-order valence-electron chi connectivity index (χ4n) is 1.39. The molecular formula is C15H24O2Si. The lowest BCUT2D eigenvalue weighted by molar-refractivity contribution is 0.112. The number of hydrogen-bond donors (Lipinski definition) is 0. The average molecular weight is 264 g/mol. The van der Waals surface area contributed by atoms with Crippen molar-refractivity contribution in [1.29, 1.82) is 0 Å². The standard InChI is InChI=1S/C15H24O2Si/c1-12-7-8-13(9-14(12)10-16)11-17-18(5,6)15(2,3)4/h7-10H,11H2,1-6H3. The average Bonchev–Trinajstić information content (AvgIpc) is 2.26. The zero-order chi connectivity index (χ0) is 14.0. The van der Waals surface area contributed by atoms with E-state index in [4.69, 9.17) is 4.43 Å². The molecule has 1 aromatic rings. The number of rotatable bonds is 4. The van der Waals surface area contributed by atoms with E-state index in [9.17, 15) is 4.79 Å². The summed E-state index contributed by atoms with van der Waals surface area (Å²) in [6.45, 7) is 13.7. The maximum atomic E-state index is 10.9. The first-order chi connectivity index (χ1) is 8.17. The first-order valence-electron chi connectivity index (χ1n) is 6.36. The minimum absolute atomic E-state index is 0.213. The maximum Gasteiger partial charge on any atom is 0.192 e. The van der Waals surface area contributed by atoms with Crippen LogP contribution in [0.5, 0.6) is 0 Å². The minimum atomic E-state index is -1.72. The zero-order valence-electron chi connectivity index (χ0n) is 12.3. The molecule has 0 saturated heterocycles. The van der Waals surface area contributed by atoms with E-state index in [2.05, 4.69) is 33.9 Å². The SMILES string of the molecule is Cc1ccc(CO[Si](C)(C)C(C)(C)C)cc1C=O. The van der Waals surface area contributed by atoms with Crippen molar-refractivity contribution < 1.29 is 9.22 Å². The van der Waals surface area contributed by atoms with E-state index >= 15 is 0 Å². The normalized spacial score (nSPS) is 12.6. The van der Waals surface area contributed by atoms with Gasteiger partial charge in [0.05, 0.1) is 6.61 Å². The molecule has 0 fully saturated rings. The summed E-state index contributed by atoms with van der Waals surface area (Å²) in [6.07, 6.45) is 0.908. The van der Waals surface area contributed by atoms with Gasteiger partial charge in [-0.1, -0.05) is 32.9 Å². The molecule has 0 radical (unpaired) electrons. The largest absolute Gasteiger partial charge is 0.413 e. The van der Waals surface area contributed by atoms with Gasteiger partial charge in [-0.05, 0) is 42.2 Å². The molecule has 1 rings (SSSR count). The molecule has 0 aliphatic carbocycles. The van der Waals surface area contributed by atoms with E-state index in [1.54, 1.807) is 0 Å². The Hall–Kier alpha value is -0.933. The molecule has 0 atom stereocenters. The molecule has 0 aromatic heterocycles. The second kappa shape index (κ2) is 5.37. The smallest absolute Gasteiger partial charge is 0.192 e. The summed E-state index contributed by atoms with van der Waals surface area (Å²) in [4.78, 5) is 10.9. The van der Waals surface area contributed by atoms with Crippen LogP contribution in [0.25, 0.3) is 0 Å². The van der Waals surface area contributed by atoms with Crippen LogP contribution in [0.2, 0.25) is 18.1 Å². The molecule has 0 N–H and O–H groups in total. The van der Waals surface area contributed by atoms with Gasteiger partial charge < -0.3 is 4.43 Å². The summed E-state index contributed by atoms with van der Waals surface area (Å²) >= 11 is 0. The van der Waals surface area contributed by atoms with Gasteiger partial charge in [-0.15, -0.1) is 0 Å². The van der Waals surface area contributed by atoms with Crippen LogP contribution in [0.4, 0.5) is 0 Å². The van der Waals surface area contributed by atoms with Crippen molar-refractivity contribution in [3.8, 4) is 0 Å². The van der Waals surface area contributed by atoms with Gasteiger partial charge in [0.1, 0.15) is 6.29 Å². The van der Waals surface area contributed by atoms with Gasteiger partial charge in [0.2, 0.25) is 0 Å². The van der Waals surface area contributed by atoms with E-state index in [0.717, 1.165) is 23.0 Å². The zero-order valence-corrected chi connectivity index (χ0v) is 13.3. The predicted octanol–water partition coefficient (Wildman–Crippen LogP) is 4.33. The van der Waals surface area contributed by atoms with Crippen LogP contribution in [0.3, 0.4) is 0 Å². The lowest BCUT2D eigenvalue weighted by Gasteiger charge is -2.36. The van der Waals surface area contributed by atoms with E-state index < -0.39 is 8.32 Å². The van der Waals surface area contributed by atoms with E-state index in [0.29, 0.717) is 6.61 Å². The Labute approximate surface area is 111 Å². The van der Waals surface area contributed by atoms with E-state index in [-0.39, 0.29) is 5.04 Å². The fourth-order valence-corrected chi connectivity index (χ4v) is 2.35. The molecule has 0 bridgehead atoms. The van der Waals surface area contributed by atoms with E-state index in [1.807, 2.05) is 25.1 Å². The van der Waals surface area contributed by atoms with Crippen LogP contribution in [0, 0.1) is 6.92 Å². The summed E-state index contributed by atoms with van der Waals surface area (Å²) in [6, 6.07) is 5.94. The molecule has 0 heterocycles.